The van der Waals surface area contributed by atoms with Crippen LogP contribution < -0.4 is 19.7 Å². The molecule has 0 aliphatic carbocycles. The van der Waals surface area contributed by atoms with Gasteiger partial charge in [0.2, 0.25) is 0 Å². The predicted molar refractivity (Wildman–Crippen MR) is 101 cm³/mol. The molecule has 0 bridgehead atoms. The third-order valence-corrected chi connectivity index (χ3v) is 3.87. The monoisotopic (exact) mass is 382 g/mol. The fraction of sp³-hybridized carbons (Fsp3) is 0.150. The molecule has 28 heavy (non-hydrogen) atoms. The number of imide groups is 2. The Kier molecular flexibility index (Phi) is 5.59. The number of urea groups is 1. The van der Waals surface area contributed by atoms with Gasteiger partial charge in [0.25, 0.3) is 11.8 Å². The molecule has 2 heterocycles. The number of nitrogens with zero attached hydrogens (tertiary/aromatic N) is 1. The number of carbonyl (C=O) groups excluding carboxylic acids is 3. The summed E-state index contributed by atoms with van der Waals surface area (Å²) in [6, 6.07) is 7.31. The number of barbiturate groups is 1. The van der Waals surface area contributed by atoms with E-state index >= 15 is 0 Å². The van der Waals surface area contributed by atoms with Crippen molar-refractivity contribution in [2.24, 2.45) is 0 Å². The van der Waals surface area contributed by atoms with Crippen LogP contribution in [-0.4, -0.2) is 31.6 Å². The lowest BCUT2D eigenvalue weighted by Crippen LogP contribution is -2.54. The zero-order valence-corrected chi connectivity index (χ0v) is 15.3. The van der Waals surface area contributed by atoms with E-state index in [1.807, 2.05) is 6.92 Å². The van der Waals surface area contributed by atoms with E-state index in [-0.39, 0.29) is 17.0 Å². The van der Waals surface area contributed by atoms with Crippen LogP contribution in [0.3, 0.4) is 0 Å². The van der Waals surface area contributed by atoms with Gasteiger partial charge in [-0.25, -0.2) is 9.69 Å². The normalized spacial score (nSPS) is 16.0. The lowest BCUT2D eigenvalue weighted by molar-refractivity contribution is -0.122. The molecule has 1 saturated heterocycles. The van der Waals surface area contributed by atoms with Crippen molar-refractivity contribution in [2.45, 2.75) is 6.92 Å². The number of ether oxygens (including phenoxy) is 2. The van der Waals surface area contributed by atoms with Crippen LogP contribution in [0.1, 0.15) is 12.7 Å². The average molecular weight is 382 g/mol. The molecule has 1 aromatic heterocycles. The van der Waals surface area contributed by atoms with Gasteiger partial charge in [-0.15, -0.1) is 0 Å². The summed E-state index contributed by atoms with van der Waals surface area (Å²) in [5, 5.41) is 2.16. The van der Waals surface area contributed by atoms with Gasteiger partial charge >= 0.3 is 6.03 Å². The smallest absolute Gasteiger partial charge is 0.336 e. The molecule has 3 rings (SSSR count). The molecule has 144 valence electrons. The van der Waals surface area contributed by atoms with Crippen LogP contribution in [0.2, 0.25) is 0 Å². The van der Waals surface area contributed by atoms with Crippen molar-refractivity contribution in [3.63, 3.8) is 0 Å². The Hall–Kier alpha value is -3.81. The van der Waals surface area contributed by atoms with Crippen molar-refractivity contribution < 1.29 is 28.3 Å². The molecular formula is C20H18N2O6. The number of allylic oxidation sites excluding steroid dienone is 2. The summed E-state index contributed by atoms with van der Waals surface area (Å²) in [6.45, 7) is 2.22. The number of anilines is 1. The third-order valence-electron chi connectivity index (χ3n) is 3.87. The summed E-state index contributed by atoms with van der Waals surface area (Å²) >= 11 is 0. The number of furan rings is 1. The first-order chi connectivity index (χ1) is 13.5. The summed E-state index contributed by atoms with van der Waals surface area (Å²) in [5.41, 5.74) is -0.0318. The largest absolute Gasteiger partial charge is 0.495 e. The van der Waals surface area contributed by atoms with E-state index in [0.29, 0.717) is 18.1 Å². The molecule has 0 radical (unpaired) electrons. The summed E-state index contributed by atoms with van der Waals surface area (Å²) < 4.78 is 15.8. The number of benzene rings is 1. The van der Waals surface area contributed by atoms with Crippen LogP contribution in [0.25, 0.3) is 6.08 Å². The van der Waals surface area contributed by atoms with Crippen LogP contribution in [0, 0.1) is 0 Å². The Morgan fingerprint density at radius 3 is 2.71 bits per heavy atom. The van der Waals surface area contributed by atoms with Crippen LogP contribution in [0.4, 0.5) is 10.5 Å². The number of nitrogens with one attached hydrogen (secondary N) is 1. The molecular weight excluding hydrogens is 364 g/mol. The number of methoxy groups -OCH3 is 1. The quantitative estimate of drug-likeness (QED) is 0.609. The van der Waals surface area contributed by atoms with E-state index in [0.717, 1.165) is 4.90 Å². The summed E-state index contributed by atoms with van der Waals surface area (Å²) in [6.07, 6.45) is 5.90. The molecule has 8 heteroatoms. The van der Waals surface area contributed by atoms with E-state index in [4.69, 9.17) is 13.9 Å². The third kappa shape index (κ3) is 3.80. The number of amides is 4. The molecule has 1 fully saturated rings. The molecule has 1 aromatic carbocycles. The van der Waals surface area contributed by atoms with Gasteiger partial charge in [0.1, 0.15) is 22.8 Å². The molecule has 4 amide bonds. The first-order valence-electron chi connectivity index (χ1n) is 8.47. The van der Waals surface area contributed by atoms with Crippen LogP contribution in [0.5, 0.6) is 11.5 Å². The Bertz CT molecular complexity index is 959. The zero-order chi connectivity index (χ0) is 20.1. The standard InChI is InChI=1S/C20H18N2O6/c1-3-27-14-9-10-17(26-2)16(12-14)22-19(24)15(18(23)21-20(22)25)8-4-6-13-7-5-11-28-13/h4-12H,3H2,1-2H3,(H,21,23,25). The van der Waals surface area contributed by atoms with Crippen LogP contribution in [0.15, 0.2) is 58.7 Å². The maximum Gasteiger partial charge on any atom is 0.336 e. The maximum absolute atomic E-state index is 12.9. The number of rotatable bonds is 6. The molecule has 1 aliphatic heterocycles. The number of hydrogen-bond donors (Lipinski definition) is 1. The van der Waals surface area contributed by atoms with Crippen molar-refractivity contribution in [3.8, 4) is 11.5 Å². The topological polar surface area (TPSA) is 98.1 Å². The Balaban J connectivity index is 1.97. The molecule has 1 aliphatic rings. The lowest BCUT2D eigenvalue weighted by Gasteiger charge is -2.27. The lowest BCUT2D eigenvalue weighted by atomic mass is 10.1. The Morgan fingerprint density at radius 2 is 2.04 bits per heavy atom. The van der Waals surface area contributed by atoms with Gasteiger partial charge in [-0.05, 0) is 43.3 Å². The molecule has 0 spiro atoms. The van der Waals surface area contributed by atoms with Crippen LogP contribution in [-0.2, 0) is 9.59 Å². The van der Waals surface area contributed by atoms with E-state index in [9.17, 15) is 14.4 Å². The van der Waals surface area contributed by atoms with E-state index in [1.54, 1.807) is 30.3 Å². The second-order valence-corrected chi connectivity index (χ2v) is 5.62. The van der Waals surface area contributed by atoms with Crippen molar-refractivity contribution in [2.75, 3.05) is 18.6 Å². The molecule has 0 saturated carbocycles. The van der Waals surface area contributed by atoms with Crippen molar-refractivity contribution in [1.82, 2.24) is 5.32 Å². The average Bonchev–Trinajstić information content (AvgIpc) is 3.18. The highest BCUT2D eigenvalue weighted by molar-refractivity contribution is 6.38. The first kappa shape index (κ1) is 19.0. The second-order valence-electron chi connectivity index (χ2n) is 5.62. The Labute approximate surface area is 161 Å². The van der Waals surface area contributed by atoms with Gasteiger partial charge in [0, 0.05) is 6.07 Å². The molecule has 2 aromatic rings. The first-order valence-corrected chi connectivity index (χ1v) is 8.47. The van der Waals surface area contributed by atoms with Crippen molar-refractivity contribution in [3.05, 3.63) is 60.1 Å². The molecule has 0 unspecified atom stereocenters. The summed E-state index contributed by atoms with van der Waals surface area (Å²) in [4.78, 5) is 38.3. The van der Waals surface area contributed by atoms with E-state index in [1.165, 1.54) is 31.6 Å². The second kappa shape index (κ2) is 8.26. The minimum absolute atomic E-state index is 0.171. The fourth-order valence-corrected chi connectivity index (χ4v) is 2.62. The molecule has 0 atom stereocenters. The molecule has 1 N–H and O–H groups in total. The minimum atomic E-state index is -0.867. The van der Waals surface area contributed by atoms with Gasteiger partial charge in [0.05, 0.1) is 25.7 Å². The van der Waals surface area contributed by atoms with Gasteiger partial charge in [-0.2, -0.15) is 0 Å². The maximum atomic E-state index is 12.9. The fourth-order valence-electron chi connectivity index (χ4n) is 2.62. The minimum Gasteiger partial charge on any atom is -0.495 e. The SMILES string of the molecule is CCOc1ccc(OC)c(N2C(=O)NC(=O)C(=CC=Cc3ccco3)C2=O)c1. The van der Waals surface area contributed by atoms with Gasteiger partial charge in [-0.3, -0.25) is 14.9 Å². The number of carbonyl (C=O) groups is 3. The summed E-state index contributed by atoms with van der Waals surface area (Å²) in [5.74, 6) is -0.259. The highest BCUT2D eigenvalue weighted by Crippen LogP contribution is 2.34. The predicted octanol–water partition coefficient (Wildman–Crippen LogP) is 2.91. The van der Waals surface area contributed by atoms with Gasteiger partial charge in [0.15, 0.2) is 0 Å². The summed E-state index contributed by atoms with van der Waals surface area (Å²) in [7, 11) is 1.42. The highest BCUT2D eigenvalue weighted by Gasteiger charge is 2.38. The Morgan fingerprint density at radius 1 is 1.21 bits per heavy atom. The highest BCUT2D eigenvalue weighted by atomic mass is 16.5. The van der Waals surface area contributed by atoms with Crippen LogP contribution >= 0.6 is 0 Å². The van der Waals surface area contributed by atoms with Gasteiger partial charge in [-0.1, -0.05) is 6.08 Å². The number of hydrogen-bond acceptors (Lipinski definition) is 6. The van der Waals surface area contributed by atoms with Gasteiger partial charge < -0.3 is 13.9 Å². The molecule has 8 nitrogen and oxygen atoms in total. The van der Waals surface area contributed by atoms with Crippen molar-refractivity contribution in [1.29, 1.82) is 0 Å². The van der Waals surface area contributed by atoms with E-state index in [2.05, 4.69) is 5.32 Å². The van der Waals surface area contributed by atoms with Crippen molar-refractivity contribution >= 4 is 29.6 Å². The van der Waals surface area contributed by atoms with E-state index < -0.39 is 17.8 Å². The zero-order valence-electron chi connectivity index (χ0n) is 15.3.